The van der Waals surface area contributed by atoms with Crippen LogP contribution in [0.15, 0.2) is 48.5 Å². The van der Waals surface area contributed by atoms with Crippen LogP contribution in [0.4, 0.5) is 11.4 Å². The highest BCUT2D eigenvalue weighted by Crippen LogP contribution is 2.45. The first-order chi connectivity index (χ1) is 13.5. The Labute approximate surface area is 168 Å². The van der Waals surface area contributed by atoms with Gasteiger partial charge in [0.1, 0.15) is 0 Å². The standard InChI is InChI=1S/C22H21ClN2O3/c23-16-7-5-15(6-8-16)22(13-2-14-22)21(28)24-17-9-11-18(12-10-17)25-19(26)3-1-4-20(25)27/h5-12H,1-4,13-14H2,(H,24,28). The van der Waals surface area contributed by atoms with Crippen molar-refractivity contribution >= 4 is 40.7 Å². The number of amides is 3. The summed E-state index contributed by atoms with van der Waals surface area (Å²) in [7, 11) is 0. The quantitative estimate of drug-likeness (QED) is 0.776. The molecule has 1 saturated heterocycles. The molecule has 1 heterocycles. The lowest BCUT2D eigenvalue weighted by molar-refractivity contribution is -0.129. The van der Waals surface area contributed by atoms with Gasteiger partial charge in [0.2, 0.25) is 17.7 Å². The number of nitrogens with one attached hydrogen (secondary N) is 1. The number of halogens is 1. The number of nitrogens with zero attached hydrogens (tertiary/aromatic N) is 1. The average Bonchev–Trinajstić information content (AvgIpc) is 2.63. The maximum atomic E-state index is 13.0. The molecule has 0 spiro atoms. The second-order valence-electron chi connectivity index (χ2n) is 7.42. The Kier molecular flexibility index (Phi) is 4.94. The molecule has 2 aliphatic rings. The summed E-state index contributed by atoms with van der Waals surface area (Å²) in [6.45, 7) is 0. The topological polar surface area (TPSA) is 66.5 Å². The number of anilines is 2. The molecule has 3 amide bonds. The van der Waals surface area contributed by atoms with Gasteiger partial charge in [-0.1, -0.05) is 30.2 Å². The Balaban J connectivity index is 1.51. The van der Waals surface area contributed by atoms with Gasteiger partial charge in [0.05, 0.1) is 11.1 Å². The van der Waals surface area contributed by atoms with Crippen LogP contribution in [0.3, 0.4) is 0 Å². The zero-order valence-corrected chi connectivity index (χ0v) is 16.2. The first-order valence-electron chi connectivity index (χ1n) is 9.53. The summed E-state index contributed by atoms with van der Waals surface area (Å²) in [6, 6.07) is 14.3. The molecule has 6 heteroatoms. The van der Waals surface area contributed by atoms with Crippen molar-refractivity contribution in [3.63, 3.8) is 0 Å². The Morgan fingerprint density at radius 2 is 1.50 bits per heavy atom. The Bertz CT molecular complexity index is 902. The highest BCUT2D eigenvalue weighted by molar-refractivity contribution is 6.30. The minimum absolute atomic E-state index is 0.0426. The van der Waals surface area contributed by atoms with Crippen molar-refractivity contribution in [3.8, 4) is 0 Å². The van der Waals surface area contributed by atoms with Crippen molar-refractivity contribution in [2.24, 2.45) is 0 Å². The fraction of sp³-hybridized carbons (Fsp3) is 0.318. The number of piperidine rings is 1. The zero-order chi connectivity index (χ0) is 19.7. The van der Waals surface area contributed by atoms with Crippen LogP contribution in [0.5, 0.6) is 0 Å². The monoisotopic (exact) mass is 396 g/mol. The van der Waals surface area contributed by atoms with E-state index in [9.17, 15) is 14.4 Å². The molecule has 2 aromatic rings. The van der Waals surface area contributed by atoms with Gasteiger partial charge >= 0.3 is 0 Å². The molecule has 0 radical (unpaired) electrons. The SMILES string of the molecule is O=C1CCCC(=O)N1c1ccc(NC(=O)C2(c3ccc(Cl)cc3)CCC2)cc1. The molecule has 2 fully saturated rings. The number of imide groups is 1. The van der Waals surface area contributed by atoms with E-state index in [1.54, 1.807) is 24.3 Å². The largest absolute Gasteiger partial charge is 0.325 e. The van der Waals surface area contributed by atoms with Crippen LogP contribution in [-0.4, -0.2) is 17.7 Å². The van der Waals surface area contributed by atoms with Gasteiger partial charge in [0.25, 0.3) is 0 Å². The lowest BCUT2D eigenvalue weighted by Gasteiger charge is -2.40. The molecule has 1 saturated carbocycles. The minimum atomic E-state index is -0.526. The second kappa shape index (κ2) is 7.40. The van der Waals surface area contributed by atoms with E-state index < -0.39 is 5.41 Å². The molecule has 4 rings (SSSR count). The first kappa shape index (κ1) is 18.7. The van der Waals surface area contributed by atoms with Gasteiger partial charge < -0.3 is 5.32 Å². The van der Waals surface area contributed by atoms with Crippen molar-refractivity contribution in [1.29, 1.82) is 0 Å². The van der Waals surface area contributed by atoms with Crippen LogP contribution in [0.2, 0.25) is 5.02 Å². The summed E-state index contributed by atoms with van der Waals surface area (Å²) >= 11 is 5.98. The molecule has 144 valence electrons. The van der Waals surface area contributed by atoms with Crippen LogP contribution in [0.1, 0.15) is 44.1 Å². The maximum Gasteiger partial charge on any atom is 0.235 e. The molecule has 1 aliphatic carbocycles. The highest BCUT2D eigenvalue weighted by Gasteiger charge is 2.45. The number of benzene rings is 2. The predicted molar refractivity (Wildman–Crippen MR) is 108 cm³/mol. The molecule has 0 atom stereocenters. The lowest BCUT2D eigenvalue weighted by Crippen LogP contribution is -2.46. The summed E-state index contributed by atoms with van der Waals surface area (Å²) in [5, 5.41) is 3.64. The van der Waals surface area contributed by atoms with E-state index in [1.165, 1.54) is 4.90 Å². The third kappa shape index (κ3) is 3.31. The maximum absolute atomic E-state index is 13.0. The average molecular weight is 397 g/mol. The first-order valence-corrected chi connectivity index (χ1v) is 9.91. The Morgan fingerprint density at radius 1 is 0.893 bits per heavy atom. The molecule has 5 nitrogen and oxygen atoms in total. The lowest BCUT2D eigenvalue weighted by atomic mass is 9.64. The van der Waals surface area contributed by atoms with Crippen LogP contribution in [-0.2, 0) is 19.8 Å². The van der Waals surface area contributed by atoms with Gasteiger partial charge in [-0.3, -0.25) is 19.3 Å². The van der Waals surface area contributed by atoms with E-state index in [0.29, 0.717) is 35.7 Å². The summed E-state index contributed by atoms with van der Waals surface area (Å²) < 4.78 is 0. The Morgan fingerprint density at radius 3 is 2.04 bits per heavy atom. The third-order valence-electron chi connectivity index (χ3n) is 5.70. The van der Waals surface area contributed by atoms with Crippen LogP contribution < -0.4 is 10.2 Å². The number of hydrogen-bond acceptors (Lipinski definition) is 3. The van der Waals surface area contributed by atoms with Crippen molar-refractivity contribution in [2.75, 3.05) is 10.2 Å². The molecule has 2 aromatic carbocycles. The fourth-order valence-electron chi connectivity index (χ4n) is 3.93. The summed E-state index contributed by atoms with van der Waals surface area (Å²) in [6.07, 6.45) is 3.98. The molecule has 0 aromatic heterocycles. The van der Waals surface area contributed by atoms with Crippen molar-refractivity contribution in [3.05, 3.63) is 59.1 Å². The van der Waals surface area contributed by atoms with Crippen LogP contribution >= 0.6 is 11.6 Å². The normalized spacial score (nSPS) is 18.5. The van der Waals surface area contributed by atoms with E-state index in [4.69, 9.17) is 11.6 Å². The van der Waals surface area contributed by atoms with E-state index in [0.717, 1.165) is 24.8 Å². The Hall–Kier alpha value is -2.66. The molecular formula is C22H21ClN2O3. The number of carbonyl (C=O) groups is 3. The van der Waals surface area contributed by atoms with E-state index >= 15 is 0 Å². The second-order valence-corrected chi connectivity index (χ2v) is 7.86. The summed E-state index contributed by atoms with van der Waals surface area (Å²) in [5.41, 5.74) is 1.64. The van der Waals surface area contributed by atoms with Gasteiger partial charge in [-0.05, 0) is 61.2 Å². The number of hydrogen-bond donors (Lipinski definition) is 1. The molecule has 1 N–H and O–H groups in total. The van der Waals surface area contributed by atoms with Gasteiger partial charge in [-0.2, -0.15) is 0 Å². The third-order valence-corrected chi connectivity index (χ3v) is 5.95. The highest BCUT2D eigenvalue weighted by atomic mass is 35.5. The summed E-state index contributed by atoms with van der Waals surface area (Å²) in [5.74, 6) is -0.396. The van der Waals surface area contributed by atoms with Crippen molar-refractivity contribution in [1.82, 2.24) is 0 Å². The number of carbonyl (C=O) groups excluding carboxylic acids is 3. The summed E-state index contributed by atoms with van der Waals surface area (Å²) in [4.78, 5) is 38.4. The van der Waals surface area contributed by atoms with E-state index in [-0.39, 0.29) is 17.7 Å². The van der Waals surface area contributed by atoms with Crippen molar-refractivity contribution in [2.45, 2.75) is 43.9 Å². The van der Waals surface area contributed by atoms with Gasteiger partial charge in [0, 0.05) is 23.6 Å². The fourth-order valence-corrected chi connectivity index (χ4v) is 4.06. The van der Waals surface area contributed by atoms with Gasteiger partial charge in [-0.25, -0.2) is 0 Å². The molecule has 0 unspecified atom stereocenters. The van der Waals surface area contributed by atoms with Crippen molar-refractivity contribution < 1.29 is 14.4 Å². The molecule has 1 aliphatic heterocycles. The van der Waals surface area contributed by atoms with E-state index in [2.05, 4.69) is 5.32 Å². The van der Waals surface area contributed by atoms with E-state index in [1.807, 2.05) is 24.3 Å². The molecule has 0 bridgehead atoms. The zero-order valence-electron chi connectivity index (χ0n) is 15.4. The smallest absolute Gasteiger partial charge is 0.235 e. The number of rotatable bonds is 4. The predicted octanol–water partition coefficient (Wildman–Crippen LogP) is 4.44. The minimum Gasteiger partial charge on any atom is -0.325 e. The molecular weight excluding hydrogens is 376 g/mol. The molecule has 28 heavy (non-hydrogen) atoms. The van der Waals surface area contributed by atoms with Gasteiger partial charge in [0.15, 0.2) is 0 Å². The van der Waals surface area contributed by atoms with Gasteiger partial charge in [-0.15, -0.1) is 0 Å². The van der Waals surface area contributed by atoms with Crippen LogP contribution in [0.25, 0.3) is 0 Å². The van der Waals surface area contributed by atoms with Crippen LogP contribution in [0, 0.1) is 0 Å².